The quantitative estimate of drug-likeness (QED) is 0.741. The minimum atomic E-state index is -0.496. The van der Waals surface area contributed by atoms with Crippen LogP contribution >= 0.6 is 11.6 Å². The lowest BCUT2D eigenvalue weighted by molar-refractivity contribution is -0.144. The molecular formula is C18H24ClN3O4. The van der Waals surface area contributed by atoms with Crippen LogP contribution in [-0.2, 0) is 19.1 Å². The summed E-state index contributed by atoms with van der Waals surface area (Å²) >= 11 is 6.36. The van der Waals surface area contributed by atoms with E-state index >= 15 is 0 Å². The zero-order valence-corrected chi connectivity index (χ0v) is 15.7. The summed E-state index contributed by atoms with van der Waals surface area (Å²) in [5.41, 5.74) is 0.721. The highest BCUT2D eigenvalue weighted by atomic mass is 35.5. The molecule has 0 radical (unpaired) electrons. The fraction of sp³-hybridized carbons (Fsp3) is 0.500. The van der Waals surface area contributed by atoms with Crippen molar-refractivity contribution in [3.05, 3.63) is 34.9 Å². The summed E-state index contributed by atoms with van der Waals surface area (Å²) in [7, 11) is 3.07. The van der Waals surface area contributed by atoms with Gasteiger partial charge in [-0.15, -0.1) is 0 Å². The van der Waals surface area contributed by atoms with Gasteiger partial charge in [0.05, 0.1) is 25.1 Å². The Bertz CT molecular complexity index is 668. The first kappa shape index (κ1) is 20.2. The first-order valence-corrected chi connectivity index (χ1v) is 8.88. The van der Waals surface area contributed by atoms with Crippen LogP contribution in [0.4, 0.5) is 0 Å². The molecule has 7 nitrogen and oxygen atoms in total. The molecule has 0 unspecified atom stereocenters. The lowest BCUT2D eigenvalue weighted by atomic mass is 9.83. The van der Waals surface area contributed by atoms with E-state index in [1.54, 1.807) is 24.1 Å². The van der Waals surface area contributed by atoms with E-state index in [-0.39, 0.29) is 30.7 Å². The van der Waals surface area contributed by atoms with Crippen molar-refractivity contribution in [2.24, 2.45) is 5.92 Å². The summed E-state index contributed by atoms with van der Waals surface area (Å²) < 4.78 is 5.12. The molecule has 3 amide bonds. The molecule has 0 aliphatic carbocycles. The Morgan fingerprint density at radius 1 is 1.35 bits per heavy atom. The van der Waals surface area contributed by atoms with Crippen molar-refractivity contribution in [1.82, 2.24) is 15.5 Å². The Balaban J connectivity index is 2.31. The van der Waals surface area contributed by atoms with Gasteiger partial charge in [0.25, 0.3) is 0 Å². The molecule has 0 spiro atoms. The van der Waals surface area contributed by atoms with E-state index in [1.807, 2.05) is 12.1 Å². The predicted octanol–water partition coefficient (Wildman–Crippen LogP) is 1.13. The minimum absolute atomic E-state index is 0.0395. The van der Waals surface area contributed by atoms with Gasteiger partial charge in [0.2, 0.25) is 17.7 Å². The average Bonchev–Trinajstić information content (AvgIpc) is 2.65. The molecule has 1 aromatic carbocycles. The van der Waals surface area contributed by atoms with E-state index in [0.717, 1.165) is 5.56 Å². The van der Waals surface area contributed by atoms with E-state index in [0.29, 0.717) is 24.6 Å². The van der Waals surface area contributed by atoms with Crippen molar-refractivity contribution in [3.8, 4) is 0 Å². The van der Waals surface area contributed by atoms with Gasteiger partial charge in [-0.3, -0.25) is 14.4 Å². The van der Waals surface area contributed by atoms with Crippen LogP contribution in [0.3, 0.4) is 0 Å². The van der Waals surface area contributed by atoms with Gasteiger partial charge in [0, 0.05) is 32.1 Å². The number of likely N-dealkylation sites (tertiary alicyclic amines) is 1. The monoisotopic (exact) mass is 381 g/mol. The predicted molar refractivity (Wildman–Crippen MR) is 97.6 cm³/mol. The highest BCUT2D eigenvalue weighted by Gasteiger charge is 2.41. The van der Waals surface area contributed by atoms with Gasteiger partial charge in [-0.2, -0.15) is 0 Å². The maximum atomic E-state index is 12.7. The highest BCUT2D eigenvalue weighted by molar-refractivity contribution is 6.31. The molecule has 26 heavy (non-hydrogen) atoms. The third-order valence-corrected chi connectivity index (χ3v) is 4.85. The fourth-order valence-electron chi connectivity index (χ4n) is 3.17. The second-order valence-corrected chi connectivity index (χ2v) is 6.49. The first-order chi connectivity index (χ1) is 12.5. The van der Waals surface area contributed by atoms with E-state index in [2.05, 4.69) is 10.6 Å². The molecule has 8 heteroatoms. The van der Waals surface area contributed by atoms with Crippen LogP contribution < -0.4 is 10.6 Å². The van der Waals surface area contributed by atoms with Crippen molar-refractivity contribution in [2.45, 2.75) is 18.9 Å². The summed E-state index contributed by atoms with van der Waals surface area (Å²) in [5.74, 6) is -1.08. The van der Waals surface area contributed by atoms with Crippen LogP contribution in [0.25, 0.3) is 0 Å². The molecule has 1 fully saturated rings. The van der Waals surface area contributed by atoms with Crippen LogP contribution in [0.5, 0.6) is 0 Å². The third kappa shape index (κ3) is 4.74. The zero-order chi connectivity index (χ0) is 19.1. The number of halogens is 1. The second kappa shape index (κ2) is 9.54. The van der Waals surface area contributed by atoms with Crippen molar-refractivity contribution < 1.29 is 19.1 Å². The number of carbonyl (C=O) groups is 3. The Kier molecular flexibility index (Phi) is 7.41. The minimum Gasteiger partial charge on any atom is -0.383 e. The van der Waals surface area contributed by atoms with Crippen molar-refractivity contribution in [1.29, 1.82) is 0 Å². The molecule has 2 atom stereocenters. The Morgan fingerprint density at radius 3 is 2.73 bits per heavy atom. The van der Waals surface area contributed by atoms with Gasteiger partial charge in [-0.05, 0) is 18.1 Å². The number of hydrogen-bond acceptors (Lipinski definition) is 4. The number of nitrogens with one attached hydrogen (secondary N) is 2. The molecule has 1 heterocycles. The smallest absolute Gasteiger partial charge is 0.239 e. The van der Waals surface area contributed by atoms with Gasteiger partial charge in [-0.25, -0.2) is 0 Å². The number of likely N-dealkylation sites (N-methyl/N-ethyl adjacent to an activating group) is 1. The zero-order valence-electron chi connectivity index (χ0n) is 15.0. The largest absolute Gasteiger partial charge is 0.383 e. The third-order valence-electron chi connectivity index (χ3n) is 4.51. The topological polar surface area (TPSA) is 87.7 Å². The van der Waals surface area contributed by atoms with Gasteiger partial charge in [0.1, 0.15) is 0 Å². The lowest BCUT2D eigenvalue weighted by Gasteiger charge is -2.41. The summed E-state index contributed by atoms with van der Waals surface area (Å²) in [4.78, 5) is 38.3. The molecule has 0 bridgehead atoms. The summed E-state index contributed by atoms with van der Waals surface area (Å²) in [6, 6.07) is 6.70. The summed E-state index contributed by atoms with van der Waals surface area (Å²) in [5, 5.41) is 5.61. The number of nitrogens with zero attached hydrogens (tertiary/aromatic N) is 1. The molecule has 1 aliphatic rings. The second-order valence-electron chi connectivity index (χ2n) is 6.08. The Labute approximate surface area is 158 Å². The normalized spacial score (nSPS) is 20.0. The Hall–Kier alpha value is -2.12. The van der Waals surface area contributed by atoms with Gasteiger partial charge in [-0.1, -0.05) is 29.8 Å². The first-order valence-electron chi connectivity index (χ1n) is 8.50. The highest BCUT2D eigenvalue weighted by Crippen LogP contribution is 2.39. The van der Waals surface area contributed by atoms with E-state index < -0.39 is 12.0 Å². The van der Waals surface area contributed by atoms with Crippen molar-refractivity contribution in [2.75, 3.05) is 33.9 Å². The summed E-state index contributed by atoms with van der Waals surface area (Å²) in [6.45, 7) is 0.622. The molecule has 142 valence electrons. The molecule has 0 saturated carbocycles. The van der Waals surface area contributed by atoms with Gasteiger partial charge in [0.15, 0.2) is 0 Å². The van der Waals surface area contributed by atoms with Crippen LogP contribution in [-0.4, -0.2) is 56.5 Å². The van der Waals surface area contributed by atoms with Crippen LogP contribution in [0.1, 0.15) is 24.4 Å². The molecular weight excluding hydrogens is 358 g/mol. The lowest BCUT2D eigenvalue weighted by Crippen LogP contribution is -2.50. The molecule has 1 aliphatic heterocycles. The molecule has 2 rings (SSSR count). The number of rotatable bonds is 7. The molecule has 1 aromatic rings. The summed E-state index contributed by atoms with van der Waals surface area (Å²) in [6.07, 6.45) is 0.667. The van der Waals surface area contributed by atoms with Gasteiger partial charge >= 0.3 is 0 Å². The SMILES string of the molecule is CNC(=O)CNC(=O)[C@@H]1CCC(=O)N(CCOC)[C@H]1c1ccccc1Cl. The maximum Gasteiger partial charge on any atom is 0.239 e. The number of carbonyl (C=O) groups excluding carboxylic acids is 3. The standard InChI is InChI=1S/C18H24ClN3O4/c1-20-15(23)11-21-18(25)13-7-8-16(24)22(9-10-26-2)17(13)12-5-3-4-6-14(12)19/h3-6,13,17H,7-11H2,1-2H3,(H,20,23)(H,21,25)/t13-,17+/m1/s1. The number of ether oxygens (including phenoxy) is 1. The molecule has 0 aromatic heterocycles. The fourth-order valence-corrected chi connectivity index (χ4v) is 3.41. The van der Waals surface area contributed by atoms with Crippen LogP contribution in [0, 0.1) is 5.92 Å². The number of benzene rings is 1. The van der Waals surface area contributed by atoms with E-state index in [9.17, 15) is 14.4 Å². The van der Waals surface area contributed by atoms with Gasteiger partial charge < -0.3 is 20.3 Å². The number of hydrogen-bond donors (Lipinski definition) is 2. The number of piperidine rings is 1. The van der Waals surface area contributed by atoms with E-state index in [4.69, 9.17) is 16.3 Å². The van der Waals surface area contributed by atoms with E-state index in [1.165, 1.54) is 7.05 Å². The van der Waals surface area contributed by atoms with Crippen molar-refractivity contribution >= 4 is 29.3 Å². The van der Waals surface area contributed by atoms with Crippen molar-refractivity contribution in [3.63, 3.8) is 0 Å². The molecule has 1 saturated heterocycles. The van der Waals surface area contributed by atoms with Crippen LogP contribution in [0.2, 0.25) is 5.02 Å². The van der Waals surface area contributed by atoms with Crippen LogP contribution in [0.15, 0.2) is 24.3 Å². The maximum absolute atomic E-state index is 12.7. The average molecular weight is 382 g/mol. The number of amides is 3. The Morgan fingerprint density at radius 2 is 2.08 bits per heavy atom. The number of methoxy groups -OCH3 is 1. The molecule has 2 N–H and O–H groups in total.